The van der Waals surface area contributed by atoms with Crippen molar-refractivity contribution in [3.8, 4) is 11.1 Å². The highest BCUT2D eigenvalue weighted by molar-refractivity contribution is 5.76. The van der Waals surface area contributed by atoms with Crippen LogP contribution in [0.25, 0.3) is 11.1 Å². The van der Waals surface area contributed by atoms with Crippen molar-refractivity contribution in [2.75, 3.05) is 32.2 Å². The predicted octanol–water partition coefficient (Wildman–Crippen LogP) is 2.70. The Balaban J connectivity index is 1.46. The number of rotatable bonds is 9. The van der Waals surface area contributed by atoms with Crippen LogP contribution in [-0.4, -0.2) is 50.8 Å². The fourth-order valence-electron chi connectivity index (χ4n) is 4.43. The van der Waals surface area contributed by atoms with Gasteiger partial charge >= 0.3 is 0 Å². The maximum atomic E-state index is 6.44. The molecule has 4 saturated heterocycles. The van der Waals surface area contributed by atoms with Gasteiger partial charge in [0.05, 0.1) is 50.8 Å². The van der Waals surface area contributed by atoms with E-state index in [1.807, 2.05) is 0 Å². The summed E-state index contributed by atoms with van der Waals surface area (Å²) in [5, 5.41) is 0. The Morgan fingerprint density at radius 1 is 0.621 bits per heavy atom. The number of hydrogen-bond donors (Lipinski definition) is 1. The third kappa shape index (κ3) is 4.05. The van der Waals surface area contributed by atoms with Gasteiger partial charge in [-0.3, -0.25) is 0 Å². The predicted molar refractivity (Wildman–Crippen MR) is 110 cm³/mol. The van der Waals surface area contributed by atoms with E-state index in [-0.39, 0.29) is 0 Å². The molecule has 4 unspecified atom stereocenters. The number of benzene rings is 2. The van der Waals surface area contributed by atoms with Crippen molar-refractivity contribution in [3.05, 3.63) is 52.6 Å². The summed E-state index contributed by atoms with van der Waals surface area (Å²) in [5.41, 5.74) is 15.3. The molecule has 4 aliphatic heterocycles. The lowest BCUT2D eigenvalue weighted by atomic mass is 9.84. The van der Waals surface area contributed by atoms with Crippen LogP contribution < -0.4 is 5.73 Å². The minimum absolute atomic E-state index is 0.309. The van der Waals surface area contributed by atoms with Crippen LogP contribution in [0, 0.1) is 0 Å². The number of nitrogen functional groups attached to an aromatic ring is 1. The molecule has 4 fully saturated rings. The van der Waals surface area contributed by atoms with Gasteiger partial charge in [0.2, 0.25) is 0 Å². The van der Waals surface area contributed by atoms with E-state index in [2.05, 4.69) is 30.3 Å². The molecule has 4 heterocycles. The number of epoxide rings is 4. The van der Waals surface area contributed by atoms with E-state index in [1.165, 1.54) is 33.4 Å². The highest BCUT2D eigenvalue weighted by Gasteiger charge is 2.32. The number of nitrogens with two attached hydrogens (primary N) is 1. The van der Waals surface area contributed by atoms with E-state index in [1.54, 1.807) is 0 Å². The highest BCUT2D eigenvalue weighted by Crippen LogP contribution is 2.39. The zero-order chi connectivity index (χ0) is 19.4. The summed E-state index contributed by atoms with van der Waals surface area (Å²) in [6.45, 7) is 3.42. The second-order valence-electron chi connectivity index (χ2n) is 8.74. The minimum Gasteiger partial charge on any atom is -0.398 e. The molecule has 0 bridgehead atoms. The van der Waals surface area contributed by atoms with E-state index < -0.39 is 0 Å². The molecular weight excluding hydrogens is 366 g/mol. The van der Waals surface area contributed by atoms with Crippen molar-refractivity contribution in [1.82, 2.24) is 0 Å². The van der Waals surface area contributed by atoms with Gasteiger partial charge in [0.15, 0.2) is 0 Å². The minimum atomic E-state index is 0.309. The van der Waals surface area contributed by atoms with Crippen LogP contribution >= 0.6 is 0 Å². The zero-order valence-electron chi connectivity index (χ0n) is 16.6. The molecule has 0 radical (unpaired) electrons. The first-order valence-corrected chi connectivity index (χ1v) is 10.7. The normalized spacial score (nSPS) is 29.0. The summed E-state index contributed by atoms with van der Waals surface area (Å²) in [5.74, 6) is 0. The van der Waals surface area contributed by atoms with Crippen molar-refractivity contribution in [3.63, 3.8) is 0 Å². The van der Waals surface area contributed by atoms with Gasteiger partial charge in [-0.1, -0.05) is 24.3 Å². The molecule has 0 spiro atoms. The van der Waals surface area contributed by atoms with Gasteiger partial charge < -0.3 is 24.7 Å². The SMILES string of the molecule is Nc1ccc(-c2cccc(CC3CO3)c2CC2CO2)c(CC2CO2)c1CC1CO1. The fraction of sp³-hybridized carbons (Fsp3) is 0.500. The summed E-state index contributed by atoms with van der Waals surface area (Å²) >= 11 is 0. The van der Waals surface area contributed by atoms with Crippen LogP contribution in [0.3, 0.4) is 0 Å². The Labute approximate surface area is 171 Å². The third-order valence-electron chi connectivity index (χ3n) is 6.38. The maximum absolute atomic E-state index is 6.44. The molecule has 6 rings (SSSR count). The maximum Gasteiger partial charge on any atom is 0.0851 e. The van der Waals surface area contributed by atoms with Crippen molar-refractivity contribution in [2.45, 2.75) is 50.1 Å². The topological polar surface area (TPSA) is 76.1 Å². The number of hydrogen-bond acceptors (Lipinski definition) is 5. The van der Waals surface area contributed by atoms with Crippen LogP contribution in [0.1, 0.15) is 22.3 Å². The van der Waals surface area contributed by atoms with E-state index in [0.717, 1.165) is 57.8 Å². The van der Waals surface area contributed by atoms with E-state index in [4.69, 9.17) is 24.7 Å². The summed E-state index contributed by atoms with van der Waals surface area (Å²) in [6, 6.07) is 11.0. The third-order valence-corrected chi connectivity index (χ3v) is 6.38. The Bertz CT molecular complexity index is 927. The molecule has 0 saturated carbocycles. The molecule has 5 nitrogen and oxygen atoms in total. The van der Waals surface area contributed by atoms with Gasteiger partial charge in [-0.15, -0.1) is 0 Å². The first-order chi connectivity index (χ1) is 14.2. The van der Waals surface area contributed by atoms with Gasteiger partial charge in [-0.05, 0) is 39.4 Å². The molecule has 2 aromatic rings. The molecule has 0 aliphatic carbocycles. The average Bonchev–Trinajstić information content (AvgIpc) is 3.52. The zero-order valence-corrected chi connectivity index (χ0v) is 16.6. The quantitative estimate of drug-likeness (QED) is 0.524. The van der Waals surface area contributed by atoms with Gasteiger partial charge in [0.25, 0.3) is 0 Å². The largest absolute Gasteiger partial charge is 0.398 e. The smallest absolute Gasteiger partial charge is 0.0851 e. The number of ether oxygens (including phenoxy) is 4. The average molecular weight is 393 g/mol. The molecule has 2 N–H and O–H groups in total. The lowest BCUT2D eigenvalue weighted by Gasteiger charge is -2.20. The summed E-state index contributed by atoms with van der Waals surface area (Å²) in [6.07, 6.45) is 5.08. The Kier molecular flexibility index (Phi) is 4.38. The molecule has 4 atom stereocenters. The van der Waals surface area contributed by atoms with E-state index >= 15 is 0 Å². The second kappa shape index (κ2) is 7.10. The summed E-state index contributed by atoms with van der Waals surface area (Å²) in [4.78, 5) is 0. The van der Waals surface area contributed by atoms with Crippen molar-refractivity contribution >= 4 is 5.69 Å². The second-order valence-corrected chi connectivity index (χ2v) is 8.74. The van der Waals surface area contributed by atoms with Gasteiger partial charge in [0, 0.05) is 31.4 Å². The first-order valence-electron chi connectivity index (χ1n) is 10.7. The van der Waals surface area contributed by atoms with Crippen LogP contribution in [0.4, 0.5) is 5.69 Å². The summed E-state index contributed by atoms with van der Waals surface area (Å²) in [7, 11) is 0. The highest BCUT2D eigenvalue weighted by atomic mass is 16.6. The van der Waals surface area contributed by atoms with Gasteiger partial charge in [-0.25, -0.2) is 0 Å². The van der Waals surface area contributed by atoms with Crippen LogP contribution in [0.5, 0.6) is 0 Å². The molecule has 5 heteroatoms. The molecule has 0 amide bonds. The van der Waals surface area contributed by atoms with E-state index in [9.17, 15) is 0 Å². The Hall–Kier alpha value is -1.92. The molecule has 29 heavy (non-hydrogen) atoms. The standard InChI is InChI=1S/C24H27NO4/c25-24-5-4-20(22(8-17-12-28-17)23(24)9-18-13-29-18)19-3-1-2-14(6-15-10-26-15)21(19)7-16-11-27-16/h1-5,15-18H,6-13,25H2. The van der Waals surface area contributed by atoms with E-state index in [0.29, 0.717) is 24.4 Å². The Morgan fingerprint density at radius 2 is 1.14 bits per heavy atom. The number of anilines is 1. The molecular formula is C24H27NO4. The Morgan fingerprint density at radius 3 is 1.76 bits per heavy atom. The van der Waals surface area contributed by atoms with Crippen molar-refractivity contribution < 1.29 is 18.9 Å². The molecule has 4 aliphatic rings. The fourth-order valence-corrected chi connectivity index (χ4v) is 4.43. The van der Waals surface area contributed by atoms with Crippen molar-refractivity contribution in [1.29, 1.82) is 0 Å². The van der Waals surface area contributed by atoms with Crippen molar-refractivity contribution in [2.24, 2.45) is 0 Å². The molecule has 0 aromatic heterocycles. The lowest BCUT2D eigenvalue weighted by molar-refractivity contribution is 0.401. The van der Waals surface area contributed by atoms with Gasteiger partial charge in [0.1, 0.15) is 0 Å². The van der Waals surface area contributed by atoms with Gasteiger partial charge in [-0.2, -0.15) is 0 Å². The monoisotopic (exact) mass is 393 g/mol. The van der Waals surface area contributed by atoms with Crippen LogP contribution in [0.2, 0.25) is 0 Å². The van der Waals surface area contributed by atoms with Crippen LogP contribution in [0.15, 0.2) is 30.3 Å². The molecule has 2 aromatic carbocycles. The summed E-state index contributed by atoms with van der Waals surface area (Å²) < 4.78 is 22.3. The first kappa shape index (κ1) is 17.9. The van der Waals surface area contributed by atoms with Crippen LogP contribution in [-0.2, 0) is 44.6 Å². The lowest BCUT2D eigenvalue weighted by Crippen LogP contribution is -2.10. The molecule has 152 valence electrons.